The van der Waals surface area contributed by atoms with Crippen molar-refractivity contribution in [2.45, 2.75) is 18.4 Å². The quantitative estimate of drug-likeness (QED) is 0.609. The Labute approximate surface area is 81.0 Å². The standard InChI is InChI=1S/C10H11NO3/c11-10(9(13)14)5-4-6-7(10)2-1-3-8(6)12/h1-3,12H,4-5,11H2,(H,13,14)/t10-/m0/s1. The van der Waals surface area contributed by atoms with E-state index in [2.05, 4.69) is 0 Å². The number of hydrogen-bond acceptors (Lipinski definition) is 3. The number of aliphatic carboxylic acids is 1. The molecule has 1 aliphatic rings. The van der Waals surface area contributed by atoms with Crippen molar-refractivity contribution in [3.05, 3.63) is 29.3 Å². The van der Waals surface area contributed by atoms with Gasteiger partial charge in [0, 0.05) is 0 Å². The molecule has 1 aromatic rings. The van der Waals surface area contributed by atoms with E-state index in [1.807, 2.05) is 0 Å². The first-order valence-corrected chi connectivity index (χ1v) is 4.39. The van der Waals surface area contributed by atoms with Crippen LogP contribution in [0.2, 0.25) is 0 Å². The summed E-state index contributed by atoms with van der Waals surface area (Å²) in [5, 5.41) is 18.5. The summed E-state index contributed by atoms with van der Waals surface area (Å²) in [6.45, 7) is 0. The molecule has 0 aromatic heterocycles. The van der Waals surface area contributed by atoms with Crippen molar-refractivity contribution in [3.8, 4) is 5.75 Å². The van der Waals surface area contributed by atoms with Crippen molar-refractivity contribution >= 4 is 5.97 Å². The highest BCUT2D eigenvalue weighted by Gasteiger charge is 2.42. The number of benzene rings is 1. The molecule has 0 radical (unpaired) electrons. The second kappa shape index (κ2) is 2.72. The van der Waals surface area contributed by atoms with Crippen molar-refractivity contribution in [1.82, 2.24) is 0 Å². The van der Waals surface area contributed by atoms with Gasteiger partial charge in [0.15, 0.2) is 0 Å². The van der Waals surface area contributed by atoms with Crippen LogP contribution in [0.1, 0.15) is 17.5 Å². The fraction of sp³-hybridized carbons (Fsp3) is 0.300. The number of phenolic OH excluding ortho intramolecular Hbond substituents is 1. The normalized spacial score (nSPS) is 24.6. The molecule has 4 heteroatoms. The Morgan fingerprint density at radius 3 is 2.86 bits per heavy atom. The molecular weight excluding hydrogens is 182 g/mol. The summed E-state index contributed by atoms with van der Waals surface area (Å²) >= 11 is 0. The van der Waals surface area contributed by atoms with Crippen molar-refractivity contribution in [1.29, 1.82) is 0 Å². The fourth-order valence-corrected chi connectivity index (χ4v) is 1.93. The van der Waals surface area contributed by atoms with Gasteiger partial charge >= 0.3 is 5.97 Å². The van der Waals surface area contributed by atoms with Crippen LogP contribution in [0, 0.1) is 0 Å². The average molecular weight is 193 g/mol. The van der Waals surface area contributed by atoms with Crippen molar-refractivity contribution < 1.29 is 15.0 Å². The van der Waals surface area contributed by atoms with Gasteiger partial charge in [0.2, 0.25) is 0 Å². The summed E-state index contributed by atoms with van der Waals surface area (Å²) in [5.74, 6) is -0.905. The fourth-order valence-electron chi connectivity index (χ4n) is 1.93. The molecule has 0 unspecified atom stereocenters. The number of carboxylic acids is 1. The van der Waals surface area contributed by atoms with E-state index in [1.54, 1.807) is 18.2 Å². The highest BCUT2D eigenvalue weighted by molar-refractivity contribution is 5.82. The molecule has 14 heavy (non-hydrogen) atoms. The topological polar surface area (TPSA) is 83.6 Å². The molecule has 1 atom stereocenters. The van der Waals surface area contributed by atoms with Crippen LogP contribution < -0.4 is 5.73 Å². The summed E-state index contributed by atoms with van der Waals surface area (Å²) < 4.78 is 0. The van der Waals surface area contributed by atoms with Crippen LogP contribution in [-0.4, -0.2) is 16.2 Å². The van der Waals surface area contributed by atoms with Gasteiger partial charge in [-0.25, -0.2) is 4.79 Å². The largest absolute Gasteiger partial charge is 0.508 e. The van der Waals surface area contributed by atoms with Gasteiger partial charge in [-0.1, -0.05) is 12.1 Å². The molecule has 1 aromatic carbocycles. The van der Waals surface area contributed by atoms with E-state index in [9.17, 15) is 9.90 Å². The zero-order chi connectivity index (χ0) is 10.3. The van der Waals surface area contributed by atoms with E-state index in [-0.39, 0.29) is 5.75 Å². The average Bonchev–Trinajstić information content (AvgIpc) is 2.47. The van der Waals surface area contributed by atoms with Crippen LogP contribution in [0.15, 0.2) is 18.2 Å². The minimum atomic E-state index is -1.33. The molecule has 74 valence electrons. The molecule has 0 bridgehead atoms. The van der Waals surface area contributed by atoms with Crippen molar-refractivity contribution in [3.63, 3.8) is 0 Å². The molecule has 0 spiro atoms. The molecular formula is C10H11NO3. The van der Waals surface area contributed by atoms with E-state index in [0.717, 1.165) is 0 Å². The monoisotopic (exact) mass is 193 g/mol. The van der Waals surface area contributed by atoms with Gasteiger partial charge in [0.05, 0.1) is 0 Å². The van der Waals surface area contributed by atoms with Crippen LogP contribution in [0.25, 0.3) is 0 Å². The van der Waals surface area contributed by atoms with Gasteiger partial charge in [-0.05, 0) is 30.0 Å². The summed E-state index contributed by atoms with van der Waals surface area (Å²) in [7, 11) is 0. The summed E-state index contributed by atoms with van der Waals surface area (Å²) in [4.78, 5) is 11.0. The molecule has 0 amide bonds. The van der Waals surface area contributed by atoms with Gasteiger partial charge in [-0.2, -0.15) is 0 Å². The first-order valence-electron chi connectivity index (χ1n) is 4.39. The Morgan fingerprint density at radius 1 is 1.50 bits per heavy atom. The number of carboxylic acid groups (broad SMARTS) is 1. The first-order chi connectivity index (χ1) is 6.55. The van der Waals surface area contributed by atoms with E-state index in [0.29, 0.717) is 24.0 Å². The third kappa shape index (κ3) is 1.01. The second-order valence-electron chi connectivity index (χ2n) is 3.58. The second-order valence-corrected chi connectivity index (χ2v) is 3.58. The molecule has 2 rings (SSSR count). The lowest BCUT2D eigenvalue weighted by atomic mass is 9.93. The van der Waals surface area contributed by atoms with E-state index < -0.39 is 11.5 Å². The van der Waals surface area contributed by atoms with Gasteiger partial charge in [-0.3, -0.25) is 0 Å². The lowest BCUT2D eigenvalue weighted by molar-refractivity contribution is -0.143. The number of rotatable bonds is 1. The maximum atomic E-state index is 11.0. The number of hydrogen-bond donors (Lipinski definition) is 3. The number of fused-ring (bicyclic) bond motifs is 1. The predicted octanol–water partition coefficient (Wildman–Crippen LogP) is 0.577. The highest BCUT2D eigenvalue weighted by Crippen LogP contribution is 2.39. The predicted molar refractivity (Wildman–Crippen MR) is 49.9 cm³/mol. The lowest BCUT2D eigenvalue weighted by Gasteiger charge is -2.19. The Bertz CT molecular complexity index is 402. The number of phenols is 1. The third-order valence-electron chi connectivity index (χ3n) is 2.78. The van der Waals surface area contributed by atoms with Crippen molar-refractivity contribution in [2.75, 3.05) is 0 Å². The Kier molecular flexibility index (Phi) is 1.75. The zero-order valence-corrected chi connectivity index (χ0v) is 7.53. The van der Waals surface area contributed by atoms with Gasteiger partial charge in [-0.15, -0.1) is 0 Å². The molecule has 4 N–H and O–H groups in total. The van der Waals surface area contributed by atoms with Gasteiger partial charge in [0.1, 0.15) is 11.3 Å². The molecule has 1 aliphatic carbocycles. The molecule has 0 saturated carbocycles. The van der Waals surface area contributed by atoms with Crippen LogP contribution in [0.3, 0.4) is 0 Å². The molecule has 0 aliphatic heterocycles. The maximum absolute atomic E-state index is 11.0. The van der Waals surface area contributed by atoms with Gasteiger partial charge < -0.3 is 15.9 Å². The lowest BCUT2D eigenvalue weighted by Crippen LogP contribution is -2.42. The van der Waals surface area contributed by atoms with Crippen LogP contribution >= 0.6 is 0 Å². The maximum Gasteiger partial charge on any atom is 0.328 e. The first kappa shape index (κ1) is 9.02. The smallest absolute Gasteiger partial charge is 0.328 e. The number of nitrogens with two attached hydrogens (primary N) is 1. The Morgan fingerprint density at radius 2 is 2.21 bits per heavy atom. The highest BCUT2D eigenvalue weighted by atomic mass is 16.4. The van der Waals surface area contributed by atoms with Crippen LogP contribution in [0.4, 0.5) is 0 Å². The number of aromatic hydroxyl groups is 1. The van der Waals surface area contributed by atoms with E-state index in [1.165, 1.54) is 0 Å². The molecule has 0 fully saturated rings. The Balaban J connectivity index is 2.60. The summed E-state index contributed by atoms with van der Waals surface area (Å²) in [6, 6.07) is 4.83. The summed E-state index contributed by atoms with van der Waals surface area (Å²) in [5.41, 5.74) is 5.64. The number of carbonyl (C=O) groups is 1. The molecule has 0 heterocycles. The van der Waals surface area contributed by atoms with Crippen LogP contribution in [0.5, 0.6) is 5.75 Å². The van der Waals surface area contributed by atoms with E-state index >= 15 is 0 Å². The van der Waals surface area contributed by atoms with Crippen LogP contribution in [-0.2, 0) is 16.8 Å². The summed E-state index contributed by atoms with van der Waals surface area (Å²) in [6.07, 6.45) is 0.861. The molecule has 4 nitrogen and oxygen atoms in total. The minimum absolute atomic E-state index is 0.135. The van der Waals surface area contributed by atoms with Gasteiger partial charge in [0.25, 0.3) is 0 Å². The van der Waals surface area contributed by atoms with Crippen molar-refractivity contribution in [2.24, 2.45) is 5.73 Å². The third-order valence-corrected chi connectivity index (χ3v) is 2.78. The minimum Gasteiger partial charge on any atom is -0.508 e. The SMILES string of the molecule is N[C@@]1(C(=O)O)CCc2c(O)cccc21. The molecule has 0 saturated heterocycles. The zero-order valence-electron chi connectivity index (χ0n) is 7.53. The van der Waals surface area contributed by atoms with E-state index in [4.69, 9.17) is 10.8 Å². The Hall–Kier alpha value is -1.55.